The van der Waals surface area contributed by atoms with Gasteiger partial charge in [0.25, 0.3) is 0 Å². The molecule has 0 bridgehead atoms. The molecule has 0 aliphatic rings. The molecule has 0 atom stereocenters. The van der Waals surface area contributed by atoms with Gasteiger partial charge >= 0.3 is 0 Å². The zero-order valence-electron chi connectivity index (χ0n) is 13.8. The first-order valence-electron chi connectivity index (χ1n) is 7.70. The minimum atomic E-state index is -2.65. The Labute approximate surface area is 147 Å². The molecule has 0 aliphatic heterocycles. The SMILES string of the molecule is Cn1cnc2c(N)nc(NCc3c(F)cc(C#N)cc3CC(F)F)cc21. The van der Waals surface area contributed by atoms with Crippen LogP contribution in [0, 0.1) is 17.1 Å². The Morgan fingerprint density at radius 1 is 1.35 bits per heavy atom. The molecule has 134 valence electrons. The highest BCUT2D eigenvalue weighted by atomic mass is 19.3. The predicted molar refractivity (Wildman–Crippen MR) is 91.1 cm³/mol. The second-order valence-corrected chi connectivity index (χ2v) is 5.77. The van der Waals surface area contributed by atoms with E-state index in [1.54, 1.807) is 30.1 Å². The van der Waals surface area contributed by atoms with Crippen LogP contribution in [0.5, 0.6) is 0 Å². The van der Waals surface area contributed by atoms with E-state index >= 15 is 0 Å². The van der Waals surface area contributed by atoms with Crippen molar-refractivity contribution in [3.05, 3.63) is 47.0 Å². The van der Waals surface area contributed by atoms with Crippen molar-refractivity contribution in [3.63, 3.8) is 0 Å². The quantitative estimate of drug-likeness (QED) is 0.730. The predicted octanol–water partition coefficient (Wildman–Crippen LogP) is 2.98. The first-order valence-corrected chi connectivity index (χ1v) is 7.70. The van der Waals surface area contributed by atoms with Crippen molar-refractivity contribution in [2.24, 2.45) is 7.05 Å². The fourth-order valence-corrected chi connectivity index (χ4v) is 2.73. The van der Waals surface area contributed by atoms with E-state index in [0.29, 0.717) is 11.3 Å². The molecule has 0 saturated heterocycles. The van der Waals surface area contributed by atoms with Crippen LogP contribution >= 0.6 is 0 Å². The molecule has 3 aromatic rings. The van der Waals surface area contributed by atoms with Gasteiger partial charge in [-0.25, -0.2) is 23.1 Å². The lowest BCUT2D eigenvalue weighted by molar-refractivity contribution is 0.148. The van der Waals surface area contributed by atoms with Gasteiger partial charge in [0.05, 0.1) is 23.5 Å². The van der Waals surface area contributed by atoms with Crippen molar-refractivity contribution in [3.8, 4) is 6.07 Å². The molecule has 3 rings (SSSR count). The number of nitrogen functional groups attached to an aromatic ring is 1. The lowest BCUT2D eigenvalue weighted by Gasteiger charge is -2.13. The molecule has 9 heteroatoms. The molecule has 26 heavy (non-hydrogen) atoms. The van der Waals surface area contributed by atoms with E-state index in [1.807, 2.05) is 0 Å². The monoisotopic (exact) mass is 360 g/mol. The number of nitrogens with zero attached hydrogens (tertiary/aromatic N) is 4. The third-order valence-corrected chi connectivity index (χ3v) is 3.98. The normalized spacial score (nSPS) is 11.1. The Balaban J connectivity index is 1.92. The van der Waals surface area contributed by atoms with E-state index in [2.05, 4.69) is 15.3 Å². The Hall–Kier alpha value is -3.28. The van der Waals surface area contributed by atoms with Gasteiger partial charge < -0.3 is 15.6 Å². The summed E-state index contributed by atoms with van der Waals surface area (Å²) >= 11 is 0. The molecular weight excluding hydrogens is 345 g/mol. The smallest absolute Gasteiger partial charge is 0.242 e. The first kappa shape index (κ1) is 17.5. The maximum Gasteiger partial charge on any atom is 0.242 e. The maximum absolute atomic E-state index is 14.3. The van der Waals surface area contributed by atoms with Gasteiger partial charge in [0.15, 0.2) is 5.82 Å². The number of hydrogen-bond donors (Lipinski definition) is 2. The number of fused-ring (bicyclic) bond motifs is 1. The zero-order valence-corrected chi connectivity index (χ0v) is 13.8. The summed E-state index contributed by atoms with van der Waals surface area (Å²) in [7, 11) is 1.79. The van der Waals surface area contributed by atoms with E-state index in [9.17, 15) is 13.2 Å². The molecule has 0 saturated carbocycles. The second-order valence-electron chi connectivity index (χ2n) is 5.77. The van der Waals surface area contributed by atoms with Crippen LogP contribution in [0.1, 0.15) is 16.7 Å². The van der Waals surface area contributed by atoms with E-state index < -0.39 is 18.7 Å². The summed E-state index contributed by atoms with van der Waals surface area (Å²) < 4.78 is 41.7. The maximum atomic E-state index is 14.3. The average molecular weight is 360 g/mol. The number of aryl methyl sites for hydroxylation is 1. The van der Waals surface area contributed by atoms with Gasteiger partial charge in [-0.15, -0.1) is 0 Å². The Morgan fingerprint density at radius 2 is 2.12 bits per heavy atom. The van der Waals surface area contributed by atoms with E-state index in [1.165, 1.54) is 6.07 Å². The third-order valence-electron chi connectivity index (χ3n) is 3.98. The van der Waals surface area contributed by atoms with Crippen LogP contribution in [-0.2, 0) is 20.0 Å². The number of nitriles is 1. The highest BCUT2D eigenvalue weighted by Crippen LogP contribution is 2.24. The molecule has 0 aliphatic carbocycles. The van der Waals surface area contributed by atoms with Gasteiger partial charge in [0.2, 0.25) is 6.43 Å². The highest BCUT2D eigenvalue weighted by molar-refractivity contribution is 5.87. The molecule has 0 radical (unpaired) electrons. The molecule has 6 nitrogen and oxygen atoms in total. The van der Waals surface area contributed by atoms with Crippen LogP contribution in [0.15, 0.2) is 24.5 Å². The zero-order chi connectivity index (χ0) is 18.8. The number of rotatable bonds is 5. The highest BCUT2D eigenvalue weighted by Gasteiger charge is 2.16. The van der Waals surface area contributed by atoms with Crippen molar-refractivity contribution >= 4 is 22.7 Å². The van der Waals surface area contributed by atoms with Crippen LogP contribution in [0.25, 0.3) is 11.0 Å². The summed E-state index contributed by atoms with van der Waals surface area (Å²) in [4.78, 5) is 8.28. The fourth-order valence-electron chi connectivity index (χ4n) is 2.73. The van der Waals surface area contributed by atoms with E-state index in [4.69, 9.17) is 11.0 Å². The Bertz CT molecular complexity index is 1010. The number of alkyl halides is 2. The molecule has 2 heterocycles. The van der Waals surface area contributed by atoms with Crippen LogP contribution in [0.3, 0.4) is 0 Å². The number of imidazole rings is 1. The number of halogens is 3. The van der Waals surface area contributed by atoms with Crippen molar-refractivity contribution in [1.29, 1.82) is 5.26 Å². The van der Waals surface area contributed by atoms with Crippen molar-refractivity contribution in [1.82, 2.24) is 14.5 Å². The van der Waals surface area contributed by atoms with Crippen LogP contribution in [-0.4, -0.2) is 21.0 Å². The van der Waals surface area contributed by atoms with Crippen LogP contribution < -0.4 is 11.1 Å². The Kier molecular flexibility index (Phi) is 4.67. The first-order chi connectivity index (χ1) is 12.4. The van der Waals surface area contributed by atoms with Crippen LogP contribution in [0.4, 0.5) is 24.8 Å². The number of hydrogen-bond acceptors (Lipinski definition) is 5. The number of anilines is 2. The van der Waals surface area contributed by atoms with Gasteiger partial charge in [-0.05, 0) is 17.7 Å². The van der Waals surface area contributed by atoms with E-state index in [-0.39, 0.29) is 29.1 Å². The molecular formula is C17H15F3N6. The second kappa shape index (κ2) is 6.92. The summed E-state index contributed by atoms with van der Waals surface area (Å²) in [6.45, 7) is -0.0740. The summed E-state index contributed by atoms with van der Waals surface area (Å²) in [5.41, 5.74) is 7.29. The number of benzene rings is 1. The van der Waals surface area contributed by atoms with E-state index in [0.717, 1.165) is 11.6 Å². The number of nitrogens with two attached hydrogens (primary N) is 1. The fraction of sp³-hybridized carbons (Fsp3) is 0.235. The topological polar surface area (TPSA) is 92.6 Å². The molecule has 0 spiro atoms. The summed E-state index contributed by atoms with van der Waals surface area (Å²) in [6.07, 6.45) is -1.70. The summed E-state index contributed by atoms with van der Waals surface area (Å²) in [5.74, 6) is -0.147. The average Bonchev–Trinajstić information content (AvgIpc) is 2.95. The van der Waals surface area contributed by atoms with Crippen molar-refractivity contribution in [2.45, 2.75) is 19.4 Å². The number of nitrogens with one attached hydrogen (secondary N) is 1. The minimum absolute atomic E-state index is 0.000531. The third kappa shape index (κ3) is 3.39. The van der Waals surface area contributed by atoms with Gasteiger partial charge in [0.1, 0.15) is 17.2 Å². The van der Waals surface area contributed by atoms with Crippen molar-refractivity contribution in [2.75, 3.05) is 11.1 Å². The molecule has 0 unspecified atom stereocenters. The Morgan fingerprint density at radius 3 is 2.81 bits per heavy atom. The van der Waals surface area contributed by atoms with Gasteiger partial charge in [-0.2, -0.15) is 5.26 Å². The van der Waals surface area contributed by atoms with Gasteiger partial charge in [-0.1, -0.05) is 0 Å². The largest absolute Gasteiger partial charge is 0.382 e. The molecule has 0 amide bonds. The molecule has 3 N–H and O–H groups in total. The lowest BCUT2D eigenvalue weighted by Crippen LogP contribution is -2.10. The molecule has 2 aromatic heterocycles. The molecule has 0 fully saturated rings. The van der Waals surface area contributed by atoms with Gasteiger partial charge in [0, 0.05) is 31.6 Å². The standard InChI is InChI=1S/C17H15F3N6/c1-26-8-24-16-13(26)5-15(25-17(16)22)23-7-11-10(4-14(19)20)2-9(6-21)3-12(11)18/h2-3,5,8,14H,4,7H2,1H3,(H3,22,23,25). The van der Waals surface area contributed by atoms with Crippen LogP contribution in [0.2, 0.25) is 0 Å². The number of pyridine rings is 1. The summed E-state index contributed by atoms with van der Waals surface area (Å²) in [5, 5.41) is 11.8. The van der Waals surface area contributed by atoms with Crippen molar-refractivity contribution < 1.29 is 13.2 Å². The van der Waals surface area contributed by atoms with Gasteiger partial charge in [-0.3, -0.25) is 0 Å². The minimum Gasteiger partial charge on any atom is -0.382 e. The lowest BCUT2D eigenvalue weighted by atomic mass is 10.0. The summed E-state index contributed by atoms with van der Waals surface area (Å²) in [6, 6.07) is 5.76. The number of aromatic nitrogens is 3. The molecule has 1 aromatic carbocycles.